The smallest absolute Gasteiger partial charge is 0.341 e. The Labute approximate surface area is 140 Å². The zero-order chi connectivity index (χ0) is 18.1. The van der Waals surface area contributed by atoms with Gasteiger partial charge >= 0.3 is 18.2 Å². The van der Waals surface area contributed by atoms with Gasteiger partial charge in [0.2, 0.25) is 6.17 Å². The Morgan fingerprint density at radius 1 is 1.08 bits per heavy atom. The van der Waals surface area contributed by atoms with Gasteiger partial charge in [0.25, 0.3) is 0 Å². The van der Waals surface area contributed by atoms with Crippen LogP contribution in [-0.4, -0.2) is 48.3 Å². The minimum Gasteiger partial charge on any atom is -0.341 e. The summed E-state index contributed by atoms with van der Waals surface area (Å²) in [5.41, 5.74) is 0.237. The second-order valence-electron chi connectivity index (χ2n) is 4.82. The molecule has 0 bridgehead atoms. The van der Waals surface area contributed by atoms with Gasteiger partial charge in [0.05, 0.1) is 5.70 Å². The van der Waals surface area contributed by atoms with Crippen LogP contribution in [0.25, 0.3) is 5.70 Å². The number of urea groups is 2. The predicted octanol–water partition coefficient (Wildman–Crippen LogP) is 2.82. The lowest BCUT2D eigenvalue weighted by molar-refractivity contribution is -0.189. The summed E-state index contributed by atoms with van der Waals surface area (Å²) >= 11 is 5.78. The van der Waals surface area contributed by atoms with Gasteiger partial charge in [-0.05, 0) is 17.7 Å². The van der Waals surface area contributed by atoms with Gasteiger partial charge in [-0.15, -0.1) is 0 Å². The lowest BCUT2D eigenvalue weighted by Crippen LogP contribution is -2.56. The number of halogens is 4. The van der Waals surface area contributed by atoms with E-state index in [1.54, 1.807) is 0 Å². The molecule has 10 heteroatoms. The Bertz CT molecular complexity index is 676. The number of amides is 4. The molecule has 1 aromatic rings. The van der Waals surface area contributed by atoms with E-state index < -0.39 is 24.4 Å². The molecule has 24 heavy (non-hydrogen) atoms. The largest absolute Gasteiger partial charge is 0.428 e. The fourth-order valence-corrected chi connectivity index (χ4v) is 2.42. The lowest BCUT2D eigenvalue weighted by atomic mass is 10.1. The highest BCUT2D eigenvalue weighted by atomic mass is 35.5. The molecule has 1 aliphatic rings. The third-order valence-corrected chi connectivity index (χ3v) is 3.59. The van der Waals surface area contributed by atoms with Crippen molar-refractivity contribution in [1.29, 1.82) is 0 Å². The van der Waals surface area contributed by atoms with Gasteiger partial charge in [-0.2, -0.15) is 13.2 Å². The van der Waals surface area contributed by atoms with Gasteiger partial charge < -0.3 is 10.6 Å². The highest BCUT2D eigenvalue weighted by Crippen LogP contribution is 2.39. The SMILES string of the molecule is CNC(=O)N1C=C(c2ccc(Cl)cc2)N(C(=O)NC)C1C(F)(F)F. The Morgan fingerprint density at radius 2 is 1.62 bits per heavy atom. The summed E-state index contributed by atoms with van der Waals surface area (Å²) in [4.78, 5) is 24.8. The summed E-state index contributed by atoms with van der Waals surface area (Å²) in [6.45, 7) is 0. The van der Waals surface area contributed by atoms with Crippen molar-refractivity contribution in [1.82, 2.24) is 20.4 Å². The van der Waals surface area contributed by atoms with Crippen molar-refractivity contribution in [2.45, 2.75) is 12.3 Å². The van der Waals surface area contributed by atoms with E-state index in [-0.39, 0.29) is 5.70 Å². The topological polar surface area (TPSA) is 64.7 Å². The number of carbonyl (C=O) groups is 2. The van der Waals surface area contributed by atoms with E-state index in [4.69, 9.17) is 11.6 Å². The highest BCUT2D eigenvalue weighted by Gasteiger charge is 2.55. The molecule has 2 N–H and O–H groups in total. The van der Waals surface area contributed by atoms with Crippen molar-refractivity contribution in [3.63, 3.8) is 0 Å². The molecule has 130 valence electrons. The van der Waals surface area contributed by atoms with Crippen LogP contribution in [0.4, 0.5) is 22.8 Å². The summed E-state index contributed by atoms with van der Waals surface area (Å²) in [6, 6.07) is 3.89. The van der Waals surface area contributed by atoms with Gasteiger partial charge in [0, 0.05) is 25.3 Å². The molecule has 0 fully saturated rings. The van der Waals surface area contributed by atoms with E-state index in [2.05, 4.69) is 10.6 Å². The van der Waals surface area contributed by atoms with Gasteiger partial charge in [-0.3, -0.25) is 9.80 Å². The number of nitrogens with one attached hydrogen (secondary N) is 2. The Morgan fingerprint density at radius 3 is 2.08 bits per heavy atom. The van der Waals surface area contributed by atoms with E-state index in [0.29, 0.717) is 20.4 Å². The Kier molecular flexibility index (Phi) is 4.93. The van der Waals surface area contributed by atoms with Crippen LogP contribution in [0, 0.1) is 0 Å². The maximum Gasteiger partial charge on any atom is 0.428 e. The molecule has 0 radical (unpaired) electrons. The van der Waals surface area contributed by atoms with Gasteiger partial charge in [-0.1, -0.05) is 23.7 Å². The number of benzene rings is 1. The van der Waals surface area contributed by atoms with Crippen LogP contribution in [0.5, 0.6) is 0 Å². The molecule has 1 aromatic carbocycles. The first-order chi connectivity index (χ1) is 11.2. The molecule has 0 saturated heterocycles. The molecular weight excluding hydrogens is 349 g/mol. The number of hydrogen-bond donors (Lipinski definition) is 2. The van der Waals surface area contributed by atoms with Crippen LogP contribution >= 0.6 is 11.6 Å². The maximum atomic E-state index is 13.5. The quantitative estimate of drug-likeness (QED) is 0.807. The number of hydrogen-bond acceptors (Lipinski definition) is 2. The van der Waals surface area contributed by atoms with E-state index in [9.17, 15) is 22.8 Å². The molecule has 0 spiro atoms. The molecule has 0 saturated carbocycles. The minimum absolute atomic E-state index is 0.0723. The van der Waals surface area contributed by atoms with Crippen LogP contribution in [0.3, 0.4) is 0 Å². The zero-order valence-corrected chi connectivity index (χ0v) is 13.4. The zero-order valence-electron chi connectivity index (χ0n) is 12.7. The first-order valence-electron chi connectivity index (χ1n) is 6.76. The maximum absolute atomic E-state index is 13.5. The van der Waals surface area contributed by atoms with Crippen LogP contribution in [0.2, 0.25) is 5.02 Å². The van der Waals surface area contributed by atoms with Gasteiger partial charge in [0.1, 0.15) is 0 Å². The predicted molar refractivity (Wildman–Crippen MR) is 81.9 cm³/mol. The molecule has 0 aliphatic carbocycles. The van der Waals surface area contributed by atoms with Crippen molar-refractivity contribution in [3.05, 3.63) is 41.1 Å². The first-order valence-corrected chi connectivity index (χ1v) is 7.14. The van der Waals surface area contributed by atoms with E-state index in [0.717, 1.165) is 6.20 Å². The second-order valence-corrected chi connectivity index (χ2v) is 5.26. The van der Waals surface area contributed by atoms with Gasteiger partial charge in [-0.25, -0.2) is 9.59 Å². The average Bonchev–Trinajstić information content (AvgIpc) is 2.94. The monoisotopic (exact) mass is 362 g/mol. The molecular formula is C14H14ClF3N4O2. The Balaban J connectivity index is 2.58. The van der Waals surface area contributed by atoms with E-state index in [1.165, 1.54) is 38.4 Å². The summed E-state index contributed by atoms with van der Waals surface area (Å²) < 4.78 is 40.5. The number of carbonyl (C=O) groups excluding carboxylic acids is 2. The van der Waals surface area contributed by atoms with Crippen molar-refractivity contribution in [2.75, 3.05) is 14.1 Å². The highest BCUT2D eigenvalue weighted by molar-refractivity contribution is 6.30. The molecule has 2 rings (SSSR count). The van der Waals surface area contributed by atoms with Crippen molar-refractivity contribution >= 4 is 29.4 Å². The fraction of sp³-hybridized carbons (Fsp3) is 0.286. The third-order valence-electron chi connectivity index (χ3n) is 3.34. The van der Waals surface area contributed by atoms with E-state index in [1.807, 2.05) is 0 Å². The van der Waals surface area contributed by atoms with Crippen molar-refractivity contribution < 1.29 is 22.8 Å². The molecule has 4 amide bonds. The van der Waals surface area contributed by atoms with E-state index >= 15 is 0 Å². The molecule has 6 nitrogen and oxygen atoms in total. The van der Waals surface area contributed by atoms with Crippen LogP contribution in [0.1, 0.15) is 5.56 Å². The van der Waals surface area contributed by atoms with Gasteiger partial charge in [0.15, 0.2) is 0 Å². The first kappa shape index (κ1) is 17.9. The molecule has 1 unspecified atom stereocenters. The van der Waals surface area contributed by atoms with Crippen LogP contribution in [-0.2, 0) is 0 Å². The third kappa shape index (κ3) is 3.25. The Hall–Kier alpha value is -2.42. The standard InChI is InChI=1S/C14H14ClF3N4O2/c1-19-12(23)21-7-10(8-3-5-9(15)6-4-8)22(13(24)20-2)11(21)14(16,17)18/h3-7,11H,1-2H3,(H,19,23)(H,20,24). The summed E-state index contributed by atoms with van der Waals surface area (Å²) in [5, 5.41) is 4.68. The fourth-order valence-electron chi connectivity index (χ4n) is 2.30. The van der Waals surface area contributed by atoms with Crippen molar-refractivity contribution in [2.24, 2.45) is 0 Å². The number of rotatable bonds is 1. The van der Waals surface area contributed by atoms with Crippen LogP contribution < -0.4 is 10.6 Å². The second kappa shape index (κ2) is 6.60. The normalized spacial score (nSPS) is 17.6. The number of nitrogens with zero attached hydrogens (tertiary/aromatic N) is 2. The molecule has 1 heterocycles. The molecule has 1 atom stereocenters. The average molecular weight is 363 g/mol. The minimum atomic E-state index is -4.86. The van der Waals surface area contributed by atoms with Crippen LogP contribution in [0.15, 0.2) is 30.5 Å². The van der Waals surface area contributed by atoms with Crippen molar-refractivity contribution in [3.8, 4) is 0 Å². The summed E-state index contributed by atoms with van der Waals surface area (Å²) in [7, 11) is 2.41. The number of alkyl halides is 3. The molecule has 0 aromatic heterocycles. The lowest BCUT2D eigenvalue weighted by Gasteiger charge is -2.32. The summed E-state index contributed by atoms with van der Waals surface area (Å²) in [6.07, 6.45) is -6.33. The summed E-state index contributed by atoms with van der Waals surface area (Å²) in [5.74, 6) is 0. The molecule has 1 aliphatic heterocycles.